The number of halogens is 3. The number of amides is 2. The largest absolute Gasteiger partial charge is 0.416 e. The van der Waals surface area contributed by atoms with E-state index in [1.165, 1.54) is 11.0 Å². The van der Waals surface area contributed by atoms with Gasteiger partial charge in [-0.1, -0.05) is 20.8 Å². The molecule has 0 bridgehead atoms. The molecule has 9 nitrogen and oxygen atoms in total. The average molecular weight is 467 g/mol. The summed E-state index contributed by atoms with van der Waals surface area (Å²) < 4.78 is 39.7. The summed E-state index contributed by atoms with van der Waals surface area (Å²) in [4.78, 5) is 28.3. The molecular weight excluding hydrogens is 439 g/mol. The number of hydrogen-bond donors (Lipinski definition) is 2. The van der Waals surface area contributed by atoms with Gasteiger partial charge in [0.05, 0.1) is 17.3 Å². The van der Waals surface area contributed by atoms with Crippen molar-refractivity contribution in [3.8, 4) is 5.69 Å². The second kappa shape index (κ2) is 9.46. The minimum atomic E-state index is -4.55. The van der Waals surface area contributed by atoms with Crippen LogP contribution in [0.4, 0.5) is 13.2 Å². The van der Waals surface area contributed by atoms with E-state index in [4.69, 9.17) is 5.73 Å². The fourth-order valence-corrected chi connectivity index (χ4v) is 3.94. The molecule has 33 heavy (non-hydrogen) atoms. The van der Waals surface area contributed by atoms with Crippen molar-refractivity contribution in [2.45, 2.75) is 64.8 Å². The summed E-state index contributed by atoms with van der Waals surface area (Å²) in [6, 6.07) is 1.63. The zero-order chi connectivity index (χ0) is 24.4. The third-order valence-electron chi connectivity index (χ3n) is 5.41. The molecule has 2 atom stereocenters. The van der Waals surface area contributed by atoms with Crippen LogP contribution in [0.5, 0.6) is 0 Å². The lowest BCUT2D eigenvalue weighted by molar-refractivity contribution is -0.140. The first-order chi connectivity index (χ1) is 15.4. The monoisotopic (exact) mass is 467 g/mol. The number of likely N-dealkylation sites (tertiary alicyclic amines) is 1. The molecule has 0 aliphatic carbocycles. The molecule has 1 aliphatic rings. The van der Waals surface area contributed by atoms with Gasteiger partial charge in [-0.3, -0.25) is 9.59 Å². The number of nitrogens with two attached hydrogens (primary N) is 1. The van der Waals surface area contributed by atoms with Crippen molar-refractivity contribution in [1.82, 2.24) is 30.4 Å². The first-order valence-corrected chi connectivity index (χ1v) is 10.6. The summed E-state index contributed by atoms with van der Waals surface area (Å²) in [6.45, 7) is 6.14. The number of tetrazole rings is 1. The van der Waals surface area contributed by atoms with Crippen LogP contribution in [0.25, 0.3) is 5.69 Å². The predicted octanol–water partition coefficient (Wildman–Crippen LogP) is 2.05. The van der Waals surface area contributed by atoms with Crippen molar-refractivity contribution >= 4 is 11.8 Å². The van der Waals surface area contributed by atoms with Gasteiger partial charge in [0.1, 0.15) is 6.04 Å². The standard InChI is InChI=1S/C21H28F3N7O2/c1-20(2,3)10-15(25)19(33)30-8-4-5-17(30)18(32)26-11-13-9-14(21(22,23)24)6-7-16(13)31-28-12-27-29-31/h6-7,9,12,15,17H,4-5,8,10-11,25H2,1-3H3,(H,26,32)/t15-,17+/m1/s1. The van der Waals surface area contributed by atoms with Gasteiger partial charge >= 0.3 is 6.18 Å². The van der Waals surface area contributed by atoms with Crippen molar-refractivity contribution in [1.29, 1.82) is 0 Å². The molecule has 2 aromatic rings. The number of aromatic nitrogens is 4. The lowest BCUT2D eigenvalue weighted by Crippen LogP contribution is -2.51. The van der Waals surface area contributed by atoms with Crippen LogP contribution in [0.15, 0.2) is 24.5 Å². The number of nitrogens with zero attached hydrogens (tertiary/aromatic N) is 5. The summed E-state index contributed by atoms with van der Waals surface area (Å²) in [6.07, 6.45) is -1.83. The van der Waals surface area contributed by atoms with E-state index in [9.17, 15) is 22.8 Å². The zero-order valence-corrected chi connectivity index (χ0v) is 18.8. The van der Waals surface area contributed by atoms with Crippen molar-refractivity contribution in [3.05, 3.63) is 35.7 Å². The van der Waals surface area contributed by atoms with Gasteiger partial charge < -0.3 is 16.0 Å². The molecule has 1 fully saturated rings. The van der Waals surface area contributed by atoms with E-state index in [0.717, 1.165) is 23.3 Å². The van der Waals surface area contributed by atoms with Crippen LogP contribution >= 0.6 is 0 Å². The maximum absolute atomic E-state index is 13.2. The van der Waals surface area contributed by atoms with E-state index in [-0.39, 0.29) is 29.1 Å². The molecular formula is C21H28F3N7O2. The van der Waals surface area contributed by atoms with Crippen LogP contribution < -0.4 is 11.1 Å². The van der Waals surface area contributed by atoms with Crippen LogP contribution in [0.1, 0.15) is 51.2 Å². The number of hydrogen-bond acceptors (Lipinski definition) is 6. The van der Waals surface area contributed by atoms with Crippen LogP contribution in [0, 0.1) is 5.41 Å². The maximum atomic E-state index is 13.2. The van der Waals surface area contributed by atoms with E-state index >= 15 is 0 Å². The highest BCUT2D eigenvalue weighted by Crippen LogP contribution is 2.31. The molecule has 2 heterocycles. The quantitative estimate of drug-likeness (QED) is 0.671. The van der Waals surface area contributed by atoms with Gasteiger partial charge in [-0.05, 0) is 53.7 Å². The third kappa shape index (κ3) is 6.06. The minimum absolute atomic E-state index is 0.151. The lowest BCUT2D eigenvalue weighted by Gasteiger charge is -2.29. The summed E-state index contributed by atoms with van der Waals surface area (Å²) in [5.41, 5.74) is 5.50. The topological polar surface area (TPSA) is 119 Å². The first kappa shape index (κ1) is 24.6. The molecule has 2 amide bonds. The average Bonchev–Trinajstić information content (AvgIpc) is 3.41. The number of alkyl halides is 3. The zero-order valence-electron chi connectivity index (χ0n) is 18.8. The Labute approximate surface area is 189 Å². The number of benzene rings is 1. The third-order valence-corrected chi connectivity index (χ3v) is 5.41. The Balaban J connectivity index is 1.75. The number of carbonyl (C=O) groups excluding carboxylic acids is 2. The molecule has 1 saturated heterocycles. The normalized spacial score (nSPS) is 17.8. The van der Waals surface area contributed by atoms with Crippen LogP contribution in [-0.4, -0.2) is 55.5 Å². The van der Waals surface area contributed by atoms with Gasteiger partial charge in [0, 0.05) is 13.1 Å². The molecule has 0 spiro atoms. The van der Waals surface area contributed by atoms with E-state index in [1.54, 1.807) is 0 Å². The smallest absolute Gasteiger partial charge is 0.350 e. The van der Waals surface area contributed by atoms with Gasteiger partial charge in [0.25, 0.3) is 0 Å². The van der Waals surface area contributed by atoms with Crippen LogP contribution in [0.3, 0.4) is 0 Å². The van der Waals surface area contributed by atoms with Crippen LogP contribution in [0.2, 0.25) is 0 Å². The molecule has 1 aliphatic heterocycles. The Morgan fingerprint density at radius 2 is 2.00 bits per heavy atom. The van der Waals surface area contributed by atoms with Gasteiger partial charge in [0.2, 0.25) is 11.8 Å². The molecule has 180 valence electrons. The molecule has 1 aromatic carbocycles. The second-order valence-corrected chi connectivity index (χ2v) is 9.35. The Morgan fingerprint density at radius 3 is 2.61 bits per heavy atom. The first-order valence-electron chi connectivity index (χ1n) is 10.6. The van der Waals surface area contributed by atoms with Gasteiger partial charge in [-0.2, -0.15) is 13.2 Å². The van der Waals surface area contributed by atoms with E-state index in [1.807, 2.05) is 20.8 Å². The summed E-state index contributed by atoms with van der Waals surface area (Å²) in [7, 11) is 0. The van der Waals surface area contributed by atoms with Gasteiger partial charge in [0.15, 0.2) is 6.33 Å². The van der Waals surface area contributed by atoms with Crippen LogP contribution in [-0.2, 0) is 22.3 Å². The Morgan fingerprint density at radius 1 is 1.27 bits per heavy atom. The maximum Gasteiger partial charge on any atom is 0.416 e. The molecule has 0 radical (unpaired) electrons. The van der Waals surface area contributed by atoms with Crippen molar-refractivity contribution < 1.29 is 22.8 Å². The number of carbonyl (C=O) groups is 2. The fraction of sp³-hybridized carbons (Fsp3) is 0.571. The highest BCUT2D eigenvalue weighted by atomic mass is 19.4. The molecule has 0 unspecified atom stereocenters. The highest BCUT2D eigenvalue weighted by molar-refractivity contribution is 5.90. The molecule has 3 N–H and O–H groups in total. The second-order valence-electron chi connectivity index (χ2n) is 9.35. The predicted molar refractivity (Wildman–Crippen MR) is 113 cm³/mol. The van der Waals surface area contributed by atoms with Crippen molar-refractivity contribution in [3.63, 3.8) is 0 Å². The Bertz CT molecular complexity index is 987. The molecule has 12 heteroatoms. The van der Waals surface area contributed by atoms with Crippen molar-refractivity contribution in [2.75, 3.05) is 6.54 Å². The van der Waals surface area contributed by atoms with Gasteiger partial charge in [-0.15, -0.1) is 15.0 Å². The molecule has 1 aromatic heterocycles. The summed E-state index contributed by atoms with van der Waals surface area (Å²) in [5, 5.41) is 13.8. The fourth-order valence-electron chi connectivity index (χ4n) is 3.94. The minimum Gasteiger partial charge on any atom is -0.350 e. The van der Waals surface area contributed by atoms with E-state index in [0.29, 0.717) is 25.8 Å². The summed E-state index contributed by atoms with van der Waals surface area (Å²) in [5.74, 6) is -0.743. The summed E-state index contributed by atoms with van der Waals surface area (Å²) >= 11 is 0. The van der Waals surface area contributed by atoms with E-state index < -0.39 is 29.7 Å². The van der Waals surface area contributed by atoms with Crippen molar-refractivity contribution in [2.24, 2.45) is 11.1 Å². The molecule has 0 saturated carbocycles. The number of nitrogens with one attached hydrogen (secondary N) is 1. The number of rotatable bonds is 6. The van der Waals surface area contributed by atoms with E-state index in [2.05, 4.69) is 20.7 Å². The molecule has 3 rings (SSSR count). The Hall–Kier alpha value is -3.02. The highest BCUT2D eigenvalue weighted by Gasteiger charge is 2.37. The van der Waals surface area contributed by atoms with Gasteiger partial charge in [-0.25, -0.2) is 0 Å². The SMILES string of the molecule is CC(C)(C)C[C@@H](N)C(=O)N1CCC[C@H]1C(=O)NCc1cc(C(F)(F)F)ccc1-n1ncnn1. The Kier molecular flexibility index (Phi) is 7.06. The lowest BCUT2D eigenvalue weighted by atomic mass is 9.88.